The Labute approximate surface area is 161 Å². The fourth-order valence-corrected chi connectivity index (χ4v) is 3.95. The Hall–Kier alpha value is -1.54. The van der Waals surface area contributed by atoms with Gasteiger partial charge in [0.1, 0.15) is 5.82 Å². The first kappa shape index (κ1) is 20.2. The minimum absolute atomic E-state index is 0.0109. The van der Waals surface area contributed by atoms with Gasteiger partial charge in [-0.15, -0.1) is 0 Å². The molecule has 27 heavy (non-hydrogen) atoms. The van der Waals surface area contributed by atoms with Crippen molar-refractivity contribution in [1.29, 1.82) is 0 Å². The smallest absolute Gasteiger partial charge is 0.381 e. The predicted molar refractivity (Wildman–Crippen MR) is 95.7 cm³/mol. The van der Waals surface area contributed by atoms with Gasteiger partial charge >= 0.3 is 6.18 Å². The second-order valence-corrected chi connectivity index (χ2v) is 7.64. The number of alkyl halides is 3. The molecule has 2 aliphatic rings. The Kier molecular flexibility index (Phi) is 6.15. The van der Waals surface area contributed by atoms with Crippen molar-refractivity contribution in [2.45, 2.75) is 25.4 Å². The highest BCUT2D eigenvalue weighted by Gasteiger charge is 2.33. The molecule has 1 atom stereocenters. The second-order valence-electron chi connectivity index (χ2n) is 7.24. The standard InChI is InChI=1S/C18H23ClF3N3O2/c1-24(17(26)13-4-7-27-11-13)10-12-2-5-25(6-3-12)16-15(19)8-14(9-23-16)18(20,21)22/h8-9,12-13H,2-7,10-11H2,1H3. The van der Waals surface area contributed by atoms with Crippen LogP contribution in [-0.4, -0.2) is 55.7 Å². The van der Waals surface area contributed by atoms with Crippen molar-refractivity contribution in [2.75, 3.05) is 44.8 Å². The predicted octanol–water partition coefficient (Wildman–Crippen LogP) is 3.47. The van der Waals surface area contributed by atoms with Crippen LogP contribution in [0.3, 0.4) is 0 Å². The van der Waals surface area contributed by atoms with Crippen molar-refractivity contribution in [2.24, 2.45) is 11.8 Å². The Bertz CT molecular complexity index is 672. The summed E-state index contributed by atoms with van der Waals surface area (Å²) in [6, 6.07) is 0.923. The number of hydrogen-bond acceptors (Lipinski definition) is 4. The maximum Gasteiger partial charge on any atom is 0.417 e. The van der Waals surface area contributed by atoms with Crippen LogP contribution in [-0.2, 0) is 15.7 Å². The molecule has 0 aliphatic carbocycles. The molecule has 1 aromatic heterocycles. The van der Waals surface area contributed by atoms with Gasteiger partial charge in [-0.3, -0.25) is 4.79 Å². The average molecular weight is 406 g/mol. The number of aromatic nitrogens is 1. The van der Waals surface area contributed by atoms with E-state index in [0.29, 0.717) is 44.6 Å². The Balaban J connectivity index is 1.53. The summed E-state index contributed by atoms with van der Waals surface area (Å²) in [6.45, 7) is 3.12. The number of carbonyl (C=O) groups excluding carboxylic acids is 1. The lowest BCUT2D eigenvalue weighted by Crippen LogP contribution is -2.41. The van der Waals surface area contributed by atoms with Gasteiger partial charge in [0, 0.05) is 39.5 Å². The number of anilines is 1. The van der Waals surface area contributed by atoms with Crippen molar-refractivity contribution >= 4 is 23.3 Å². The number of halogens is 4. The van der Waals surface area contributed by atoms with Gasteiger partial charge in [-0.2, -0.15) is 13.2 Å². The third-order valence-corrected chi connectivity index (χ3v) is 5.53. The first-order chi connectivity index (χ1) is 12.8. The van der Waals surface area contributed by atoms with E-state index in [1.807, 2.05) is 11.9 Å². The van der Waals surface area contributed by atoms with E-state index in [9.17, 15) is 18.0 Å². The van der Waals surface area contributed by atoms with E-state index in [1.54, 1.807) is 4.90 Å². The number of amides is 1. The monoisotopic (exact) mass is 405 g/mol. The van der Waals surface area contributed by atoms with E-state index >= 15 is 0 Å². The topological polar surface area (TPSA) is 45.7 Å². The normalized spacial score (nSPS) is 21.5. The molecule has 3 rings (SSSR count). The molecular formula is C18H23ClF3N3O2. The summed E-state index contributed by atoms with van der Waals surface area (Å²) in [6.07, 6.45) is -1.19. The highest BCUT2D eigenvalue weighted by Crippen LogP contribution is 2.34. The molecule has 1 aromatic rings. The van der Waals surface area contributed by atoms with Crippen LogP contribution in [0.2, 0.25) is 5.02 Å². The van der Waals surface area contributed by atoms with Crippen LogP contribution in [0.25, 0.3) is 0 Å². The number of nitrogens with zero attached hydrogens (tertiary/aromatic N) is 3. The fourth-order valence-electron chi connectivity index (χ4n) is 3.66. The molecule has 2 aliphatic heterocycles. The van der Waals surface area contributed by atoms with Crippen LogP contribution >= 0.6 is 11.6 Å². The first-order valence-corrected chi connectivity index (χ1v) is 9.44. The lowest BCUT2D eigenvalue weighted by atomic mass is 9.95. The number of ether oxygens (including phenoxy) is 1. The molecule has 2 saturated heterocycles. The molecule has 0 radical (unpaired) electrons. The first-order valence-electron chi connectivity index (χ1n) is 9.06. The number of rotatable bonds is 4. The molecule has 0 spiro atoms. The molecule has 0 aromatic carbocycles. The molecule has 1 unspecified atom stereocenters. The van der Waals surface area contributed by atoms with Crippen LogP contribution in [0.5, 0.6) is 0 Å². The largest absolute Gasteiger partial charge is 0.417 e. The minimum Gasteiger partial charge on any atom is -0.381 e. The van der Waals surface area contributed by atoms with Crippen LogP contribution in [0.1, 0.15) is 24.8 Å². The molecule has 0 saturated carbocycles. The van der Waals surface area contributed by atoms with Gasteiger partial charge in [-0.25, -0.2) is 4.98 Å². The van der Waals surface area contributed by atoms with E-state index < -0.39 is 11.7 Å². The van der Waals surface area contributed by atoms with Gasteiger partial charge in [0.05, 0.1) is 23.1 Å². The van der Waals surface area contributed by atoms with E-state index in [4.69, 9.17) is 16.3 Å². The van der Waals surface area contributed by atoms with Gasteiger partial charge < -0.3 is 14.5 Å². The quantitative estimate of drug-likeness (QED) is 0.769. The molecular weight excluding hydrogens is 383 g/mol. The molecule has 0 bridgehead atoms. The Morgan fingerprint density at radius 1 is 1.37 bits per heavy atom. The molecule has 0 N–H and O–H groups in total. The van der Waals surface area contributed by atoms with Crippen LogP contribution in [0.4, 0.5) is 19.0 Å². The highest BCUT2D eigenvalue weighted by atomic mass is 35.5. The van der Waals surface area contributed by atoms with Gasteiger partial charge in [-0.05, 0) is 31.2 Å². The SMILES string of the molecule is CN(CC1CCN(c2ncc(C(F)(F)F)cc2Cl)CC1)C(=O)C1CCOC1. The summed E-state index contributed by atoms with van der Waals surface area (Å²) < 4.78 is 43.5. The lowest BCUT2D eigenvalue weighted by molar-refractivity contribution is -0.138. The second kappa shape index (κ2) is 8.22. The highest BCUT2D eigenvalue weighted by molar-refractivity contribution is 6.33. The third-order valence-electron chi connectivity index (χ3n) is 5.25. The summed E-state index contributed by atoms with van der Waals surface area (Å²) in [5.41, 5.74) is -0.845. The summed E-state index contributed by atoms with van der Waals surface area (Å²) in [4.78, 5) is 20.0. The van der Waals surface area contributed by atoms with E-state index in [1.165, 1.54) is 0 Å². The van der Waals surface area contributed by atoms with Gasteiger partial charge in [0.15, 0.2) is 0 Å². The fraction of sp³-hybridized carbons (Fsp3) is 0.667. The lowest BCUT2D eigenvalue weighted by Gasteiger charge is -2.35. The van der Waals surface area contributed by atoms with Crippen molar-refractivity contribution in [3.63, 3.8) is 0 Å². The van der Waals surface area contributed by atoms with E-state index in [0.717, 1.165) is 31.5 Å². The summed E-state index contributed by atoms with van der Waals surface area (Å²) in [5.74, 6) is 0.828. The molecule has 1 amide bonds. The van der Waals surface area contributed by atoms with E-state index in [-0.39, 0.29) is 16.8 Å². The van der Waals surface area contributed by atoms with Crippen molar-refractivity contribution in [3.8, 4) is 0 Å². The van der Waals surface area contributed by atoms with Gasteiger partial charge in [-0.1, -0.05) is 11.6 Å². The number of hydrogen-bond donors (Lipinski definition) is 0. The summed E-state index contributed by atoms with van der Waals surface area (Å²) in [7, 11) is 1.82. The van der Waals surface area contributed by atoms with Crippen LogP contribution in [0, 0.1) is 11.8 Å². The van der Waals surface area contributed by atoms with E-state index in [2.05, 4.69) is 4.98 Å². The zero-order chi connectivity index (χ0) is 19.6. The molecule has 9 heteroatoms. The molecule has 5 nitrogen and oxygen atoms in total. The van der Waals surface area contributed by atoms with Crippen LogP contribution < -0.4 is 4.90 Å². The Morgan fingerprint density at radius 3 is 2.63 bits per heavy atom. The van der Waals surface area contributed by atoms with Gasteiger partial charge in [0.25, 0.3) is 0 Å². The Morgan fingerprint density at radius 2 is 2.07 bits per heavy atom. The molecule has 2 fully saturated rings. The number of carbonyl (C=O) groups is 1. The minimum atomic E-state index is -4.45. The number of piperidine rings is 1. The van der Waals surface area contributed by atoms with Crippen molar-refractivity contribution in [1.82, 2.24) is 9.88 Å². The average Bonchev–Trinajstić information content (AvgIpc) is 3.15. The van der Waals surface area contributed by atoms with Gasteiger partial charge in [0.2, 0.25) is 5.91 Å². The maximum absolute atomic E-state index is 12.7. The maximum atomic E-state index is 12.7. The van der Waals surface area contributed by atoms with Crippen molar-refractivity contribution in [3.05, 3.63) is 22.8 Å². The van der Waals surface area contributed by atoms with Crippen LogP contribution in [0.15, 0.2) is 12.3 Å². The third kappa shape index (κ3) is 4.85. The summed E-state index contributed by atoms with van der Waals surface area (Å²) >= 11 is 6.03. The summed E-state index contributed by atoms with van der Waals surface area (Å²) in [5, 5.41) is 0.0109. The molecule has 3 heterocycles. The zero-order valence-corrected chi connectivity index (χ0v) is 15.9. The zero-order valence-electron chi connectivity index (χ0n) is 15.1. The van der Waals surface area contributed by atoms with Crippen molar-refractivity contribution < 1.29 is 22.7 Å². The molecule has 150 valence electrons. The number of pyridine rings is 1.